The largest absolute Gasteiger partial charge is 0.399 e. The molecule has 3 N–H and O–H groups in total. The van der Waals surface area contributed by atoms with Crippen LogP contribution in [0.5, 0.6) is 0 Å². The van der Waals surface area contributed by atoms with Gasteiger partial charge >= 0.3 is 0 Å². The van der Waals surface area contributed by atoms with E-state index in [1.807, 2.05) is 0 Å². The van der Waals surface area contributed by atoms with E-state index in [1.165, 1.54) is 12.8 Å². The van der Waals surface area contributed by atoms with E-state index in [-0.39, 0.29) is 5.91 Å². The third kappa shape index (κ3) is 2.78. The maximum absolute atomic E-state index is 12.0. The second kappa shape index (κ2) is 4.81. The number of hydrogen-bond acceptors (Lipinski definition) is 2. The molecule has 98 valence electrons. The van der Waals surface area contributed by atoms with Gasteiger partial charge in [0.15, 0.2) is 0 Å². The maximum Gasteiger partial charge on any atom is 0.251 e. The minimum Gasteiger partial charge on any atom is -0.399 e. The van der Waals surface area contributed by atoms with Crippen molar-refractivity contribution >= 4 is 23.2 Å². The number of halogens is 1. The first-order valence-electron chi connectivity index (χ1n) is 6.27. The number of benzene rings is 1. The van der Waals surface area contributed by atoms with Gasteiger partial charge in [-0.25, -0.2) is 0 Å². The van der Waals surface area contributed by atoms with E-state index < -0.39 is 0 Å². The Kier molecular flexibility index (Phi) is 3.53. The molecule has 0 radical (unpaired) electrons. The Hall–Kier alpha value is -1.22. The van der Waals surface area contributed by atoms with E-state index >= 15 is 0 Å². The summed E-state index contributed by atoms with van der Waals surface area (Å²) in [5, 5.41) is 3.48. The third-order valence-corrected chi connectivity index (χ3v) is 4.12. The monoisotopic (exact) mass is 266 g/mol. The second-order valence-corrected chi connectivity index (χ2v) is 5.91. The number of anilines is 1. The summed E-state index contributed by atoms with van der Waals surface area (Å²) in [5.74, 6) is 0.498. The summed E-state index contributed by atoms with van der Waals surface area (Å²) in [4.78, 5) is 12.0. The first kappa shape index (κ1) is 13.2. The summed E-state index contributed by atoms with van der Waals surface area (Å²) >= 11 is 5.89. The van der Waals surface area contributed by atoms with Crippen LogP contribution in [-0.4, -0.2) is 12.5 Å². The smallest absolute Gasteiger partial charge is 0.251 e. The quantitative estimate of drug-likeness (QED) is 0.823. The predicted octanol–water partition coefficient (Wildman–Crippen LogP) is 3.09. The van der Waals surface area contributed by atoms with Gasteiger partial charge < -0.3 is 11.1 Å². The van der Waals surface area contributed by atoms with E-state index in [0.29, 0.717) is 27.6 Å². The highest BCUT2D eigenvalue weighted by Gasteiger charge is 2.45. The molecule has 18 heavy (non-hydrogen) atoms. The number of nitrogen functional groups attached to an aromatic ring is 1. The van der Waals surface area contributed by atoms with Gasteiger partial charge in [0.05, 0.1) is 0 Å². The highest BCUT2D eigenvalue weighted by atomic mass is 35.5. The molecule has 0 atom stereocenters. The molecule has 1 aliphatic rings. The van der Waals surface area contributed by atoms with Crippen LogP contribution in [0.15, 0.2) is 18.2 Å². The molecule has 0 bridgehead atoms. The number of rotatable bonds is 4. The minimum absolute atomic E-state index is 0.101. The lowest BCUT2D eigenvalue weighted by Crippen LogP contribution is -2.32. The van der Waals surface area contributed by atoms with Crippen LogP contribution in [0.3, 0.4) is 0 Å². The number of hydrogen-bond donors (Lipinski definition) is 2. The van der Waals surface area contributed by atoms with Crippen LogP contribution < -0.4 is 11.1 Å². The minimum atomic E-state index is -0.101. The van der Waals surface area contributed by atoms with Gasteiger partial charge in [-0.2, -0.15) is 0 Å². The Bertz CT molecular complexity index is 447. The van der Waals surface area contributed by atoms with E-state index in [4.69, 9.17) is 17.3 Å². The zero-order chi connectivity index (χ0) is 13.3. The highest BCUT2D eigenvalue weighted by Crippen LogP contribution is 2.51. The van der Waals surface area contributed by atoms with Gasteiger partial charge in [0, 0.05) is 22.8 Å². The summed E-state index contributed by atoms with van der Waals surface area (Å²) < 4.78 is 0. The van der Waals surface area contributed by atoms with Crippen molar-refractivity contribution in [1.82, 2.24) is 5.32 Å². The average Bonchev–Trinajstić information content (AvgIpc) is 3.05. The topological polar surface area (TPSA) is 55.1 Å². The van der Waals surface area contributed by atoms with Crippen molar-refractivity contribution < 1.29 is 4.79 Å². The van der Waals surface area contributed by atoms with E-state index in [1.54, 1.807) is 18.2 Å². The van der Waals surface area contributed by atoms with Crippen LogP contribution in [0.2, 0.25) is 5.02 Å². The normalized spacial score (nSPS) is 16.7. The van der Waals surface area contributed by atoms with Gasteiger partial charge in [-0.15, -0.1) is 0 Å². The van der Waals surface area contributed by atoms with Crippen molar-refractivity contribution in [3.8, 4) is 0 Å². The molecule has 1 aromatic rings. The molecule has 1 aliphatic carbocycles. The molecule has 1 saturated carbocycles. The predicted molar refractivity (Wildman–Crippen MR) is 74.7 cm³/mol. The molecule has 0 saturated heterocycles. The fourth-order valence-electron chi connectivity index (χ4n) is 2.22. The molecule has 2 rings (SSSR count). The molecule has 1 amide bonds. The molecular weight excluding hydrogens is 248 g/mol. The van der Waals surface area contributed by atoms with Crippen LogP contribution in [-0.2, 0) is 0 Å². The Morgan fingerprint density at radius 1 is 1.44 bits per heavy atom. The van der Waals surface area contributed by atoms with Gasteiger partial charge in [0.1, 0.15) is 0 Å². The number of carbonyl (C=O) groups excluding carboxylic acids is 1. The fraction of sp³-hybridized carbons (Fsp3) is 0.500. The van der Waals surface area contributed by atoms with Gasteiger partial charge in [0.2, 0.25) is 0 Å². The van der Waals surface area contributed by atoms with Crippen molar-refractivity contribution in [1.29, 1.82) is 0 Å². The van der Waals surface area contributed by atoms with Crippen LogP contribution in [0.25, 0.3) is 0 Å². The number of nitrogens with one attached hydrogen (secondary N) is 1. The molecule has 0 unspecified atom stereocenters. The lowest BCUT2D eigenvalue weighted by Gasteiger charge is -2.20. The Morgan fingerprint density at radius 2 is 2.11 bits per heavy atom. The summed E-state index contributed by atoms with van der Waals surface area (Å²) in [6.45, 7) is 5.14. The molecular formula is C14H19ClN2O. The maximum atomic E-state index is 12.0. The average molecular weight is 267 g/mol. The van der Waals surface area contributed by atoms with Gasteiger partial charge in [0.25, 0.3) is 5.91 Å². The first-order chi connectivity index (χ1) is 8.43. The van der Waals surface area contributed by atoms with Crippen molar-refractivity contribution in [3.63, 3.8) is 0 Å². The van der Waals surface area contributed by atoms with E-state index in [9.17, 15) is 4.79 Å². The molecule has 0 spiro atoms. The standard InChI is InChI=1S/C14H19ClN2O/c1-9(2)14(3-4-14)8-17-13(18)10-5-11(15)7-12(16)6-10/h5-7,9H,3-4,8,16H2,1-2H3,(H,17,18). The van der Waals surface area contributed by atoms with Gasteiger partial charge in [-0.3, -0.25) is 4.79 Å². The second-order valence-electron chi connectivity index (χ2n) is 5.47. The van der Waals surface area contributed by atoms with Crippen molar-refractivity contribution in [2.24, 2.45) is 11.3 Å². The number of nitrogens with two attached hydrogens (primary N) is 1. The number of amides is 1. The Balaban J connectivity index is 2.00. The van der Waals surface area contributed by atoms with Crippen LogP contribution >= 0.6 is 11.6 Å². The van der Waals surface area contributed by atoms with Gasteiger partial charge in [-0.1, -0.05) is 25.4 Å². The van der Waals surface area contributed by atoms with E-state index in [2.05, 4.69) is 19.2 Å². The zero-order valence-corrected chi connectivity index (χ0v) is 11.6. The SMILES string of the molecule is CC(C)C1(CNC(=O)c2cc(N)cc(Cl)c2)CC1. The molecule has 0 aliphatic heterocycles. The molecule has 0 heterocycles. The molecule has 4 heteroatoms. The number of carbonyl (C=O) groups is 1. The van der Waals surface area contributed by atoms with E-state index in [0.717, 1.165) is 6.54 Å². The van der Waals surface area contributed by atoms with Crippen molar-refractivity contribution in [3.05, 3.63) is 28.8 Å². The lowest BCUT2D eigenvalue weighted by molar-refractivity contribution is 0.0940. The fourth-order valence-corrected chi connectivity index (χ4v) is 2.46. The Morgan fingerprint density at radius 3 is 2.61 bits per heavy atom. The molecule has 1 fully saturated rings. The molecule has 0 aromatic heterocycles. The third-order valence-electron chi connectivity index (χ3n) is 3.90. The Labute approximate surface area is 113 Å². The van der Waals surface area contributed by atoms with Crippen molar-refractivity contribution in [2.45, 2.75) is 26.7 Å². The van der Waals surface area contributed by atoms with Gasteiger partial charge in [-0.05, 0) is 42.4 Å². The zero-order valence-electron chi connectivity index (χ0n) is 10.8. The summed E-state index contributed by atoms with van der Waals surface area (Å²) in [7, 11) is 0. The summed E-state index contributed by atoms with van der Waals surface area (Å²) in [5.41, 5.74) is 7.02. The van der Waals surface area contributed by atoms with Crippen molar-refractivity contribution in [2.75, 3.05) is 12.3 Å². The molecule has 1 aromatic carbocycles. The van der Waals surface area contributed by atoms with Crippen LogP contribution in [0.4, 0.5) is 5.69 Å². The lowest BCUT2D eigenvalue weighted by atomic mass is 9.92. The van der Waals surface area contributed by atoms with Crippen LogP contribution in [0, 0.1) is 11.3 Å². The highest BCUT2D eigenvalue weighted by molar-refractivity contribution is 6.31. The van der Waals surface area contributed by atoms with Crippen LogP contribution in [0.1, 0.15) is 37.0 Å². The first-order valence-corrected chi connectivity index (χ1v) is 6.65. The summed E-state index contributed by atoms with van der Waals surface area (Å²) in [6, 6.07) is 4.92. The molecule has 3 nitrogen and oxygen atoms in total. The summed E-state index contributed by atoms with van der Waals surface area (Å²) in [6.07, 6.45) is 2.39.